The quantitative estimate of drug-likeness (QED) is 0.835. The van der Waals surface area contributed by atoms with Crippen molar-refractivity contribution in [1.29, 1.82) is 0 Å². The number of methoxy groups -OCH3 is 1. The van der Waals surface area contributed by atoms with Crippen molar-refractivity contribution in [2.75, 3.05) is 38.2 Å². The van der Waals surface area contributed by atoms with Crippen molar-refractivity contribution in [2.45, 2.75) is 19.9 Å². The Morgan fingerprint density at radius 3 is 2.61 bits per heavy atom. The maximum atomic E-state index is 12.6. The lowest BCUT2D eigenvalue weighted by Crippen LogP contribution is -2.52. The number of amides is 2. The van der Waals surface area contributed by atoms with E-state index in [4.69, 9.17) is 4.74 Å². The van der Waals surface area contributed by atoms with Crippen LogP contribution in [0.25, 0.3) is 0 Å². The van der Waals surface area contributed by atoms with Crippen LogP contribution in [-0.2, 0) is 9.59 Å². The maximum Gasteiger partial charge on any atom is 0.241 e. The summed E-state index contributed by atoms with van der Waals surface area (Å²) < 4.78 is 5.23. The highest BCUT2D eigenvalue weighted by molar-refractivity contribution is 5.96. The standard InChI is InChI=1S/C22H27N3O3/c1-16-7-9-18(10-8-16)17(2)23-21(26)14-24-11-12-25(22(27)15-24)19-5-4-6-20(13-19)28-3/h4-10,13,17H,11-12,14-15H2,1-3H3,(H,23,26)/t17-/m0/s1. The monoisotopic (exact) mass is 381 g/mol. The van der Waals surface area contributed by atoms with Crippen LogP contribution in [0.2, 0.25) is 0 Å². The van der Waals surface area contributed by atoms with Crippen molar-refractivity contribution in [1.82, 2.24) is 10.2 Å². The van der Waals surface area contributed by atoms with Crippen molar-refractivity contribution in [2.24, 2.45) is 0 Å². The summed E-state index contributed by atoms with van der Waals surface area (Å²) in [5.41, 5.74) is 3.08. The molecule has 0 aromatic heterocycles. The van der Waals surface area contributed by atoms with Gasteiger partial charge in [-0.3, -0.25) is 14.5 Å². The third-order valence-electron chi connectivity index (χ3n) is 4.99. The van der Waals surface area contributed by atoms with Gasteiger partial charge in [-0.15, -0.1) is 0 Å². The summed E-state index contributed by atoms with van der Waals surface area (Å²) in [5, 5.41) is 3.01. The Bertz CT molecular complexity index is 835. The van der Waals surface area contributed by atoms with Crippen LogP contribution in [0.5, 0.6) is 5.75 Å². The molecule has 0 bridgehead atoms. The zero-order valence-corrected chi connectivity index (χ0v) is 16.6. The van der Waals surface area contributed by atoms with Crippen molar-refractivity contribution in [3.05, 3.63) is 59.7 Å². The third kappa shape index (κ3) is 4.89. The van der Waals surface area contributed by atoms with E-state index in [0.29, 0.717) is 13.1 Å². The van der Waals surface area contributed by atoms with Crippen LogP contribution >= 0.6 is 0 Å². The second-order valence-electron chi connectivity index (χ2n) is 7.16. The fraction of sp³-hybridized carbons (Fsp3) is 0.364. The van der Waals surface area contributed by atoms with Gasteiger partial charge in [-0.05, 0) is 31.5 Å². The van der Waals surface area contributed by atoms with Gasteiger partial charge in [-0.2, -0.15) is 0 Å². The van der Waals surface area contributed by atoms with Crippen LogP contribution in [0, 0.1) is 6.92 Å². The molecule has 1 aliphatic rings. The van der Waals surface area contributed by atoms with Gasteiger partial charge in [0, 0.05) is 24.8 Å². The Labute approximate surface area is 166 Å². The molecule has 1 atom stereocenters. The number of aryl methyl sites for hydroxylation is 1. The minimum absolute atomic E-state index is 0.0149. The maximum absolute atomic E-state index is 12.6. The molecule has 148 valence electrons. The molecule has 2 amide bonds. The molecule has 1 N–H and O–H groups in total. The van der Waals surface area contributed by atoms with E-state index < -0.39 is 0 Å². The van der Waals surface area contributed by atoms with Crippen LogP contribution in [0.1, 0.15) is 24.1 Å². The van der Waals surface area contributed by atoms with E-state index in [-0.39, 0.29) is 30.9 Å². The topological polar surface area (TPSA) is 61.9 Å². The molecular formula is C22H27N3O3. The van der Waals surface area contributed by atoms with E-state index in [1.807, 2.05) is 67.3 Å². The highest BCUT2D eigenvalue weighted by Gasteiger charge is 2.26. The zero-order valence-electron chi connectivity index (χ0n) is 16.6. The van der Waals surface area contributed by atoms with Crippen molar-refractivity contribution in [3.8, 4) is 5.75 Å². The van der Waals surface area contributed by atoms with Gasteiger partial charge < -0.3 is 15.0 Å². The molecule has 0 spiro atoms. The second kappa shape index (κ2) is 8.89. The molecule has 28 heavy (non-hydrogen) atoms. The fourth-order valence-electron chi connectivity index (χ4n) is 3.34. The number of ether oxygens (including phenoxy) is 1. The number of hydrogen-bond donors (Lipinski definition) is 1. The van der Waals surface area contributed by atoms with E-state index in [2.05, 4.69) is 5.32 Å². The van der Waals surface area contributed by atoms with Gasteiger partial charge in [-0.1, -0.05) is 35.9 Å². The molecule has 6 nitrogen and oxygen atoms in total. The molecule has 2 aromatic rings. The number of hydrogen-bond acceptors (Lipinski definition) is 4. The first-order valence-electron chi connectivity index (χ1n) is 9.49. The molecule has 1 heterocycles. The number of piperazine rings is 1. The third-order valence-corrected chi connectivity index (χ3v) is 4.99. The second-order valence-corrected chi connectivity index (χ2v) is 7.16. The van der Waals surface area contributed by atoms with E-state index in [9.17, 15) is 9.59 Å². The summed E-state index contributed by atoms with van der Waals surface area (Å²) in [6.45, 7) is 5.64. The number of nitrogens with zero attached hydrogens (tertiary/aromatic N) is 2. The number of rotatable bonds is 6. The molecule has 1 saturated heterocycles. The zero-order chi connectivity index (χ0) is 20.1. The summed E-state index contributed by atoms with van der Waals surface area (Å²) in [6, 6.07) is 15.5. The van der Waals surface area contributed by atoms with Crippen LogP contribution in [0.15, 0.2) is 48.5 Å². The number of anilines is 1. The molecule has 6 heteroatoms. The molecule has 3 rings (SSSR count). The molecule has 0 saturated carbocycles. The SMILES string of the molecule is COc1cccc(N2CCN(CC(=O)N[C@@H](C)c3ccc(C)cc3)CC2=O)c1. The largest absolute Gasteiger partial charge is 0.497 e. The molecule has 0 unspecified atom stereocenters. The molecule has 1 aliphatic heterocycles. The van der Waals surface area contributed by atoms with Crippen LogP contribution in [0.3, 0.4) is 0 Å². The Kier molecular flexibility index (Phi) is 6.31. The van der Waals surface area contributed by atoms with Crippen molar-refractivity contribution in [3.63, 3.8) is 0 Å². The van der Waals surface area contributed by atoms with Gasteiger partial charge in [-0.25, -0.2) is 0 Å². The van der Waals surface area contributed by atoms with Gasteiger partial charge in [0.25, 0.3) is 0 Å². The predicted octanol–water partition coefficient (Wildman–Crippen LogP) is 2.53. The Hall–Kier alpha value is -2.86. The molecular weight excluding hydrogens is 354 g/mol. The smallest absolute Gasteiger partial charge is 0.241 e. The lowest BCUT2D eigenvalue weighted by atomic mass is 10.1. The number of carbonyl (C=O) groups is 2. The Morgan fingerprint density at radius 2 is 1.93 bits per heavy atom. The van der Waals surface area contributed by atoms with E-state index >= 15 is 0 Å². The highest BCUT2D eigenvalue weighted by atomic mass is 16.5. The normalized spacial score (nSPS) is 16.0. The minimum atomic E-state index is -0.0734. The first-order chi connectivity index (χ1) is 13.5. The van der Waals surface area contributed by atoms with Crippen LogP contribution in [0.4, 0.5) is 5.69 Å². The predicted molar refractivity (Wildman–Crippen MR) is 110 cm³/mol. The minimum Gasteiger partial charge on any atom is -0.497 e. The van der Waals surface area contributed by atoms with E-state index in [1.54, 1.807) is 12.0 Å². The molecule has 0 aliphatic carbocycles. The highest BCUT2D eigenvalue weighted by Crippen LogP contribution is 2.22. The number of benzene rings is 2. The fourth-order valence-corrected chi connectivity index (χ4v) is 3.34. The first-order valence-corrected chi connectivity index (χ1v) is 9.49. The van der Waals surface area contributed by atoms with Gasteiger partial charge in [0.15, 0.2) is 0 Å². The van der Waals surface area contributed by atoms with Crippen LogP contribution < -0.4 is 15.0 Å². The lowest BCUT2D eigenvalue weighted by Gasteiger charge is -2.34. The Balaban J connectivity index is 1.53. The summed E-state index contributed by atoms with van der Waals surface area (Å²) >= 11 is 0. The lowest BCUT2D eigenvalue weighted by molar-refractivity contribution is -0.125. The van der Waals surface area contributed by atoms with Crippen molar-refractivity contribution < 1.29 is 14.3 Å². The van der Waals surface area contributed by atoms with E-state index in [1.165, 1.54) is 5.56 Å². The molecule has 0 radical (unpaired) electrons. The average Bonchev–Trinajstić information content (AvgIpc) is 2.68. The van der Waals surface area contributed by atoms with Gasteiger partial charge in [0.05, 0.1) is 26.2 Å². The first kappa shape index (κ1) is 19.9. The Morgan fingerprint density at radius 1 is 1.18 bits per heavy atom. The van der Waals surface area contributed by atoms with Crippen LogP contribution in [-0.4, -0.2) is 50.0 Å². The molecule has 1 fully saturated rings. The summed E-state index contributed by atoms with van der Waals surface area (Å²) in [5.74, 6) is 0.631. The molecule has 2 aromatic carbocycles. The summed E-state index contributed by atoms with van der Waals surface area (Å²) in [6.07, 6.45) is 0. The van der Waals surface area contributed by atoms with Gasteiger partial charge in [0.1, 0.15) is 5.75 Å². The number of nitrogens with one attached hydrogen (secondary N) is 1. The summed E-state index contributed by atoms with van der Waals surface area (Å²) in [7, 11) is 1.61. The van der Waals surface area contributed by atoms with Gasteiger partial charge >= 0.3 is 0 Å². The van der Waals surface area contributed by atoms with Crippen molar-refractivity contribution >= 4 is 17.5 Å². The average molecular weight is 381 g/mol. The number of carbonyl (C=O) groups excluding carboxylic acids is 2. The van der Waals surface area contributed by atoms with E-state index in [0.717, 1.165) is 17.0 Å². The summed E-state index contributed by atoms with van der Waals surface area (Å²) in [4.78, 5) is 28.6. The van der Waals surface area contributed by atoms with Gasteiger partial charge in [0.2, 0.25) is 11.8 Å².